The molecule has 2 rings (SSSR count). The Bertz CT molecular complexity index is 340. The second-order valence-corrected chi connectivity index (χ2v) is 5.39. The quantitative estimate of drug-likeness (QED) is 0.827. The van der Waals surface area contributed by atoms with Crippen molar-refractivity contribution in [2.24, 2.45) is 5.92 Å². The number of H-pyrrole nitrogens is 1. The van der Waals surface area contributed by atoms with Gasteiger partial charge in [0.1, 0.15) is 0 Å². The Morgan fingerprint density at radius 2 is 2.25 bits per heavy atom. The van der Waals surface area contributed by atoms with Crippen LogP contribution in [0.2, 0.25) is 0 Å². The van der Waals surface area contributed by atoms with Crippen LogP contribution >= 0.6 is 0 Å². The molecule has 1 aromatic rings. The van der Waals surface area contributed by atoms with Gasteiger partial charge >= 0.3 is 0 Å². The van der Waals surface area contributed by atoms with Crippen LogP contribution in [0.25, 0.3) is 0 Å². The largest absolute Gasteiger partial charge is 0.365 e. The van der Waals surface area contributed by atoms with E-state index < -0.39 is 0 Å². The highest BCUT2D eigenvalue weighted by atomic mass is 15.2. The van der Waals surface area contributed by atoms with Crippen LogP contribution in [0, 0.1) is 5.92 Å². The van der Waals surface area contributed by atoms with E-state index in [9.17, 15) is 0 Å². The molecule has 2 heteroatoms. The molecular formula is C14H24N2. The third kappa shape index (κ3) is 1.91. The van der Waals surface area contributed by atoms with Crippen molar-refractivity contribution in [2.75, 3.05) is 6.54 Å². The molecule has 1 aliphatic heterocycles. The molecule has 1 aliphatic rings. The van der Waals surface area contributed by atoms with Crippen LogP contribution in [-0.2, 0) is 6.42 Å². The molecule has 16 heavy (non-hydrogen) atoms. The number of aromatic nitrogens is 1. The van der Waals surface area contributed by atoms with Gasteiger partial charge in [-0.05, 0) is 37.4 Å². The van der Waals surface area contributed by atoms with Crippen molar-refractivity contribution in [1.29, 1.82) is 0 Å². The fraction of sp³-hybridized carbons (Fsp3) is 0.714. The van der Waals surface area contributed by atoms with Crippen LogP contribution in [0.15, 0.2) is 12.3 Å². The van der Waals surface area contributed by atoms with Crippen molar-refractivity contribution in [2.45, 2.75) is 52.6 Å². The van der Waals surface area contributed by atoms with Gasteiger partial charge in [0.25, 0.3) is 0 Å². The summed E-state index contributed by atoms with van der Waals surface area (Å²) >= 11 is 0. The van der Waals surface area contributed by atoms with Crippen LogP contribution in [0.3, 0.4) is 0 Å². The number of hydrogen-bond donors (Lipinski definition) is 1. The van der Waals surface area contributed by atoms with Gasteiger partial charge in [0.05, 0.1) is 0 Å². The van der Waals surface area contributed by atoms with Gasteiger partial charge in [-0.15, -0.1) is 0 Å². The molecule has 0 saturated heterocycles. The van der Waals surface area contributed by atoms with Crippen LogP contribution in [0.5, 0.6) is 0 Å². The average molecular weight is 220 g/mol. The van der Waals surface area contributed by atoms with Gasteiger partial charge in [0.2, 0.25) is 0 Å². The minimum Gasteiger partial charge on any atom is -0.365 e. The van der Waals surface area contributed by atoms with Crippen LogP contribution in [0.4, 0.5) is 0 Å². The minimum absolute atomic E-state index is 0.602. The van der Waals surface area contributed by atoms with Crippen molar-refractivity contribution >= 4 is 0 Å². The molecule has 1 aromatic heterocycles. The highest BCUT2D eigenvalue weighted by molar-refractivity contribution is 5.28. The summed E-state index contributed by atoms with van der Waals surface area (Å²) < 4.78 is 0. The zero-order valence-electron chi connectivity index (χ0n) is 11.0. The molecule has 1 N–H and O–H groups in total. The molecule has 0 spiro atoms. The molecule has 0 fully saturated rings. The van der Waals surface area contributed by atoms with E-state index in [-0.39, 0.29) is 0 Å². The lowest BCUT2D eigenvalue weighted by Crippen LogP contribution is -2.44. The molecule has 2 heterocycles. The molecule has 0 amide bonds. The van der Waals surface area contributed by atoms with Gasteiger partial charge < -0.3 is 4.98 Å². The smallest absolute Gasteiger partial charge is 0.0391 e. The number of fused-ring (bicyclic) bond motifs is 1. The summed E-state index contributed by atoms with van der Waals surface area (Å²) in [6.07, 6.45) is 4.51. The van der Waals surface area contributed by atoms with Crippen molar-refractivity contribution in [3.05, 3.63) is 23.5 Å². The van der Waals surface area contributed by atoms with Gasteiger partial charge in [-0.3, -0.25) is 4.90 Å². The maximum absolute atomic E-state index is 3.41. The van der Waals surface area contributed by atoms with Gasteiger partial charge in [0, 0.05) is 30.4 Å². The molecule has 2 nitrogen and oxygen atoms in total. The normalized spacial score (nSPS) is 26.1. The zero-order chi connectivity index (χ0) is 11.7. The molecule has 0 radical (unpaired) electrons. The fourth-order valence-electron chi connectivity index (χ4n) is 3.10. The van der Waals surface area contributed by atoms with E-state index in [1.807, 2.05) is 0 Å². The Hall–Kier alpha value is -0.760. The molecule has 0 bridgehead atoms. The topological polar surface area (TPSA) is 19.0 Å². The number of nitrogens with one attached hydrogen (secondary N) is 1. The van der Waals surface area contributed by atoms with E-state index >= 15 is 0 Å². The number of hydrogen-bond acceptors (Lipinski definition) is 1. The molecule has 0 saturated carbocycles. The molecule has 2 atom stereocenters. The Kier molecular flexibility index (Phi) is 3.38. The number of rotatable bonds is 3. The monoisotopic (exact) mass is 220 g/mol. The predicted octanol–water partition coefficient (Wildman–Crippen LogP) is 3.37. The number of nitrogens with zero attached hydrogens (tertiary/aromatic N) is 1. The lowest BCUT2D eigenvalue weighted by molar-refractivity contribution is 0.0946. The van der Waals surface area contributed by atoms with Gasteiger partial charge in [-0.25, -0.2) is 0 Å². The molecule has 0 unspecified atom stereocenters. The Labute approximate surface area is 99.0 Å². The lowest BCUT2D eigenvalue weighted by atomic mass is 9.87. The Morgan fingerprint density at radius 3 is 2.88 bits per heavy atom. The minimum atomic E-state index is 0.602. The van der Waals surface area contributed by atoms with E-state index in [0.717, 1.165) is 0 Å². The van der Waals surface area contributed by atoms with Crippen LogP contribution in [-0.4, -0.2) is 22.5 Å². The summed E-state index contributed by atoms with van der Waals surface area (Å²) in [4.78, 5) is 6.09. The van der Waals surface area contributed by atoms with Gasteiger partial charge in [-0.1, -0.05) is 20.8 Å². The highest BCUT2D eigenvalue weighted by Gasteiger charge is 2.33. The molecular weight excluding hydrogens is 196 g/mol. The SMILES string of the molecule is CCCN1[C@H](C)Cc2[nH]ccc2[C@@H]1C(C)C. The first-order chi connectivity index (χ1) is 7.65. The van der Waals surface area contributed by atoms with E-state index in [1.165, 1.54) is 30.6 Å². The van der Waals surface area contributed by atoms with Gasteiger partial charge in [0.15, 0.2) is 0 Å². The maximum Gasteiger partial charge on any atom is 0.0391 e. The Morgan fingerprint density at radius 1 is 1.50 bits per heavy atom. The highest BCUT2D eigenvalue weighted by Crippen LogP contribution is 2.37. The van der Waals surface area contributed by atoms with E-state index in [0.29, 0.717) is 18.0 Å². The summed E-state index contributed by atoms with van der Waals surface area (Å²) in [5.41, 5.74) is 2.99. The van der Waals surface area contributed by atoms with Crippen molar-refractivity contribution < 1.29 is 0 Å². The number of aromatic amines is 1. The first-order valence-electron chi connectivity index (χ1n) is 6.57. The summed E-state index contributed by atoms with van der Waals surface area (Å²) in [5.74, 6) is 0.684. The summed E-state index contributed by atoms with van der Waals surface area (Å²) in [6, 6.07) is 3.54. The molecule has 0 aliphatic carbocycles. The Balaban J connectivity index is 2.33. The fourth-order valence-corrected chi connectivity index (χ4v) is 3.10. The predicted molar refractivity (Wildman–Crippen MR) is 68.5 cm³/mol. The maximum atomic E-state index is 3.41. The van der Waals surface area contributed by atoms with E-state index in [4.69, 9.17) is 0 Å². The third-order valence-corrected chi connectivity index (χ3v) is 3.72. The van der Waals surface area contributed by atoms with Crippen molar-refractivity contribution in [1.82, 2.24) is 9.88 Å². The lowest BCUT2D eigenvalue weighted by Gasteiger charge is -2.42. The van der Waals surface area contributed by atoms with E-state index in [2.05, 4.69) is 49.8 Å². The standard InChI is InChI=1S/C14H24N2/c1-5-8-16-11(4)9-13-12(6-7-15-13)14(16)10(2)3/h6-7,10-11,14-15H,5,8-9H2,1-4H3/t11-,14+/m1/s1. The van der Waals surface area contributed by atoms with Crippen LogP contribution in [0.1, 0.15) is 51.4 Å². The van der Waals surface area contributed by atoms with Crippen LogP contribution < -0.4 is 0 Å². The molecule has 90 valence electrons. The second-order valence-electron chi connectivity index (χ2n) is 5.39. The summed E-state index contributed by atoms with van der Waals surface area (Å²) in [5, 5.41) is 0. The third-order valence-electron chi connectivity index (χ3n) is 3.72. The van der Waals surface area contributed by atoms with Gasteiger partial charge in [-0.2, -0.15) is 0 Å². The van der Waals surface area contributed by atoms with E-state index in [1.54, 1.807) is 0 Å². The zero-order valence-corrected chi connectivity index (χ0v) is 11.0. The van der Waals surface area contributed by atoms with Crippen molar-refractivity contribution in [3.8, 4) is 0 Å². The summed E-state index contributed by atoms with van der Waals surface area (Å²) in [7, 11) is 0. The van der Waals surface area contributed by atoms with Crippen molar-refractivity contribution in [3.63, 3.8) is 0 Å². The first kappa shape index (κ1) is 11.7. The summed E-state index contributed by atoms with van der Waals surface area (Å²) in [6.45, 7) is 10.5. The molecule has 0 aromatic carbocycles. The first-order valence-corrected chi connectivity index (χ1v) is 6.57. The second kappa shape index (κ2) is 4.62. The average Bonchev–Trinajstić information content (AvgIpc) is 2.65.